The predicted molar refractivity (Wildman–Crippen MR) is 125 cm³/mol. The fourth-order valence-corrected chi connectivity index (χ4v) is 5.37. The van der Waals surface area contributed by atoms with Crippen LogP contribution in [0, 0.1) is 0 Å². The van der Waals surface area contributed by atoms with E-state index < -0.39 is 10.0 Å². The maximum Gasteiger partial charge on any atom is 0.232 e. The van der Waals surface area contributed by atoms with Gasteiger partial charge in [0, 0.05) is 17.5 Å². The number of nitrogens with zero attached hydrogens (tertiary/aromatic N) is 2. The summed E-state index contributed by atoms with van der Waals surface area (Å²) < 4.78 is 35.8. The minimum absolute atomic E-state index is 0.176. The summed E-state index contributed by atoms with van der Waals surface area (Å²) in [5.41, 5.74) is 4.11. The van der Waals surface area contributed by atoms with Crippen molar-refractivity contribution >= 4 is 38.1 Å². The first-order valence-electron chi connectivity index (χ1n) is 9.86. The zero-order valence-electron chi connectivity index (χ0n) is 17.9. The van der Waals surface area contributed by atoms with Crippen LogP contribution in [0.4, 0.5) is 10.8 Å². The van der Waals surface area contributed by atoms with E-state index in [9.17, 15) is 13.2 Å². The second kappa shape index (κ2) is 8.79. The van der Waals surface area contributed by atoms with Crippen LogP contribution in [-0.4, -0.2) is 46.3 Å². The van der Waals surface area contributed by atoms with Crippen molar-refractivity contribution < 1.29 is 22.7 Å². The molecule has 1 N–H and O–H groups in total. The Bertz CT molecular complexity index is 1270. The van der Waals surface area contributed by atoms with Crippen LogP contribution in [0.25, 0.3) is 11.3 Å². The number of methoxy groups -OCH3 is 2. The van der Waals surface area contributed by atoms with Crippen LogP contribution >= 0.6 is 11.3 Å². The number of aromatic nitrogens is 1. The molecule has 1 aliphatic heterocycles. The molecule has 10 heteroatoms. The minimum atomic E-state index is -3.28. The fraction of sp³-hybridized carbons (Fsp3) is 0.273. The molecule has 1 aromatic heterocycles. The summed E-state index contributed by atoms with van der Waals surface area (Å²) in [4.78, 5) is 17.0. The summed E-state index contributed by atoms with van der Waals surface area (Å²) in [6, 6.07) is 11.0. The smallest absolute Gasteiger partial charge is 0.232 e. The lowest BCUT2D eigenvalue weighted by atomic mass is 10.1. The highest BCUT2D eigenvalue weighted by Gasteiger charge is 2.26. The molecule has 0 bridgehead atoms. The summed E-state index contributed by atoms with van der Waals surface area (Å²) in [7, 11) is -0.165. The first-order valence-corrected chi connectivity index (χ1v) is 12.6. The standard InChI is InChI=1S/C22H23N3O5S2/c1-29-19-7-4-14(10-20(19)30-2)11-21(26)24-22-23-17(13-31-22)15-5-6-18-16(12-15)8-9-25(18)32(3,27)28/h4-7,10,12-13H,8-9,11H2,1-3H3,(H,23,24,26). The highest BCUT2D eigenvalue weighted by Crippen LogP contribution is 2.34. The van der Waals surface area contributed by atoms with Gasteiger partial charge in [-0.3, -0.25) is 9.10 Å². The van der Waals surface area contributed by atoms with E-state index in [0.717, 1.165) is 28.1 Å². The quantitative estimate of drug-likeness (QED) is 0.565. The molecule has 4 rings (SSSR count). The third-order valence-electron chi connectivity index (χ3n) is 5.19. The molecule has 0 aliphatic carbocycles. The summed E-state index contributed by atoms with van der Waals surface area (Å²) in [6.45, 7) is 0.451. The van der Waals surface area contributed by atoms with Gasteiger partial charge < -0.3 is 14.8 Å². The molecule has 168 valence electrons. The molecule has 32 heavy (non-hydrogen) atoms. The molecule has 0 fully saturated rings. The SMILES string of the molecule is COc1ccc(CC(=O)Nc2nc(-c3ccc4c(c3)CCN4S(C)(=O)=O)cs2)cc1OC. The van der Waals surface area contributed by atoms with Crippen LogP contribution < -0.4 is 19.1 Å². The Morgan fingerprint density at radius 2 is 1.94 bits per heavy atom. The maximum absolute atomic E-state index is 12.5. The number of ether oxygens (including phenoxy) is 2. The van der Waals surface area contributed by atoms with Crippen LogP contribution in [0.3, 0.4) is 0 Å². The van der Waals surface area contributed by atoms with Gasteiger partial charge in [-0.15, -0.1) is 11.3 Å². The zero-order chi connectivity index (χ0) is 22.9. The van der Waals surface area contributed by atoms with Gasteiger partial charge in [0.05, 0.1) is 38.3 Å². The number of hydrogen-bond donors (Lipinski definition) is 1. The third kappa shape index (κ3) is 4.56. The van der Waals surface area contributed by atoms with Gasteiger partial charge in [0.15, 0.2) is 16.6 Å². The summed E-state index contributed by atoms with van der Waals surface area (Å²) >= 11 is 1.34. The van der Waals surface area contributed by atoms with Crippen molar-refractivity contribution in [3.05, 3.63) is 52.9 Å². The van der Waals surface area contributed by atoms with E-state index in [-0.39, 0.29) is 12.3 Å². The molecule has 0 atom stereocenters. The molecular formula is C22H23N3O5S2. The van der Waals surface area contributed by atoms with Gasteiger partial charge in [0.2, 0.25) is 15.9 Å². The number of nitrogens with one attached hydrogen (secondary N) is 1. The first kappa shape index (κ1) is 22.1. The van der Waals surface area contributed by atoms with E-state index in [1.165, 1.54) is 21.9 Å². The number of fused-ring (bicyclic) bond motifs is 1. The van der Waals surface area contributed by atoms with Gasteiger partial charge >= 0.3 is 0 Å². The second-order valence-corrected chi connectivity index (χ2v) is 10.1. The number of thiazole rings is 1. The largest absolute Gasteiger partial charge is 0.493 e. The van der Waals surface area contributed by atoms with Gasteiger partial charge in [0.1, 0.15) is 0 Å². The van der Waals surface area contributed by atoms with E-state index in [1.807, 2.05) is 29.6 Å². The van der Waals surface area contributed by atoms with Crippen LogP contribution in [0.5, 0.6) is 11.5 Å². The van der Waals surface area contributed by atoms with Crippen LogP contribution in [-0.2, 0) is 27.7 Å². The van der Waals surface area contributed by atoms with Gasteiger partial charge in [-0.25, -0.2) is 13.4 Å². The van der Waals surface area contributed by atoms with Gasteiger partial charge in [-0.05, 0) is 41.8 Å². The summed E-state index contributed by atoms with van der Waals surface area (Å²) in [5, 5.41) is 5.21. The van der Waals surface area contributed by atoms with Crippen LogP contribution in [0.2, 0.25) is 0 Å². The van der Waals surface area contributed by atoms with Crippen molar-refractivity contribution in [1.82, 2.24) is 4.98 Å². The number of sulfonamides is 1. The lowest BCUT2D eigenvalue weighted by Gasteiger charge is -2.16. The molecule has 8 nitrogen and oxygen atoms in total. The lowest BCUT2D eigenvalue weighted by molar-refractivity contribution is -0.115. The Morgan fingerprint density at radius 3 is 2.66 bits per heavy atom. The van der Waals surface area contributed by atoms with Crippen molar-refractivity contribution in [2.75, 3.05) is 36.6 Å². The van der Waals surface area contributed by atoms with E-state index >= 15 is 0 Å². The third-order valence-corrected chi connectivity index (χ3v) is 7.13. The average molecular weight is 474 g/mol. The minimum Gasteiger partial charge on any atom is -0.493 e. The molecule has 0 saturated carbocycles. The summed E-state index contributed by atoms with van der Waals surface area (Å²) in [6.07, 6.45) is 2.05. The Morgan fingerprint density at radius 1 is 1.16 bits per heavy atom. The van der Waals surface area contributed by atoms with E-state index in [2.05, 4.69) is 10.3 Å². The number of anilines is 2. The maximum atomic E-state index is 12.5. The van der Waals surface area contributed by atoms with Gasteiger partial charge in [-0.2, -0.15) is 0 Å². The normalized spacial score (nSPS) is 13.0. The topological polar surface area (TPSA) is 97.8 Å². The van der Waals surface area contributed by atoms with E-state index in [1.54, 1.807) is 26.4 Å². The molecule has 2 aromatic carbocycles. The molecule has 0 saturated heterocycles. The average Bonchev–Trinajstić information content (AvgIpc) is 3.39. The molecule has 0 unspecified atom stereocenters. The van der Waals surface area contributed by atoms with Crippen molar-refractivity contribution in [3.8, 4) is 22.8 Å². The van der Waals surface area contributed by atoms with Crippen LogP contribution in [0.15, 0.2) is 41.8 Å². The Labute approximate surface area is 190 Å². The molecule has 1 aliphatic rings. The number of hydrogen-bond acceptors (Lipinski definition) is 7. The zero-order valence-corrected chi connectivity index (χ0v) is 19.5. The number of carbonyl (C=O) groups is 1. The number of carbonyl (C=O) groups excluding carboxylic acids is 1. The molecule has 1 amide bonds. The summed E-state index contributed by atoms with van der Waals surface area (Å²) in [5.74, 6) is 0.992. The molecule has 0 radical (unpaired) electrons. The Balaban J connectivity index is 1.45. The first-order chi connectivity index (χ1) is 15.3. The van der Waals surface area contributed by atoms with Gasteiger partial charge in [0.25, 0.3) is 0 Å². The number of amides is 1. The van der Waals surface area contributed by atoms with Crippen molar-refractivity contribution in [2.45, 2.75) is 12.8 Å². The highest BCUT2D eigenvalue weighted by atomic mass is 32.2. The predicted octanol–water partition coefficient (Wildman–Crippen LogP) is 3.33. The second-order valence-electron chi connectivity index (χ2n) is 7.38. The monoisotopic (exact) mass is 473 g/mol. The Kier molecular flexibility index (Phi) is 6.07. The van der Waals surface area contributed by atoms with Crippen molar-refractivity contribution in [2.24, 2.45) is 0 Å². The van der Waals surface area contributed by atoms with E-state index in [4.69, 9.17) is 9.47 Å². The number of rotatable bonds is 7. The van der Waals surface area contributed by atoms with Crippen molar-refractivity contribution in [1.29, 1.82) is 0 Å². The van der Waals surface area contributed by atoms with Crippen LogP contribution in [0.1, 0.15) is 11.1 Å². The van der Waals surface area contributed by atoms with Gasteiger partial charge in [-0.1, -0.05) is 12.1 Å². The lowest BCUT2D eigenvalue weighted by Crippen LogP contribution is -2.27. The Hall–Kier alpha value is -3.11. The van der Waals surface area contributed by atoms with E-state index in [0.29, 0.717) is 29.6 Å². The molecule has 2 heterocycles. The van der Waals surface area contributed by atoms with Crippen molar-refractivity contribution in [3.63, 3.8) is 0 Å². The molecule has 0 spiro atoms. The number of benzene rings is 2. The fourth-order valence-electron chi connectivity index (χ4n) is 3.68. The highest BCUT2D eigenvalue weighted by molar-refractivity contribution is 7.92. The molecule has 3 aromatic rings. The molecular weight excluding hydrogens is 450 g/mol.